The maximum atomic E-state index is 12.5. The molecule has 3 rings (SSSR count). The number of carbonyl (C=O) groups is 1. The Morgan fingerprint density at radius 1 is 1.33 bits per heavy atom. The molecule has 0 radical (unpaired) electrons. The largest absolute Gasteiger partial charge is 0.350 e. The zero-order chi connectivity index (χ0) is 16.9. The molecule has 1 amide bonds. The molecule has 6 nitrogen and oxygen atoms in total. The van der Waals surface area contributed by atoms with E-state index in [0.29, 0.717) is 12.1 Å². The molecule has 0 saturated carbocycles. The molecule has 24 heavy (non-hydrogen) atoms. The summed E-state index contributed by atoms with van der Waals surface area (Å²) < 4.78 is 1.84. The first kappa shape index (κ1) is 16.6. The molecule has 0 spiro atoms. The maximum Gasteiger partial charge on any atom is 0.254 e. The van der Waals surface area contributed by atoms with Crippen LogP contribution in [-0.4, -0.2) is 45.2 Å². The standard InChI is InChI=1S/C18H25N5O/c1-3-23-14(2)16(12-21-23)18(24)20-13-17(22-9-4-5-10-22)15-7-6-8-19-11-15/h6-8,11-12,17H,3-5,9-10,13H2,1-2H3,(H,20,24)/t17-/m0/s1. The Labute approximate surface area is 142 Å². The highest BCUT2D eigenvalue weighted by Gasteiger charge is 2.24. The fourth-order valence-electron chi connectivity index (χ4n) is 3.36. The summed E-state index contributed by atoms with van der Waals surface area (Å²) >= 11 is 0. The van der Waals surface area contributed by atoms with Gasteiger partial charge in [-0.25, -0.2) is 0 Å². The van der Waals surface area contributed by atoms with Gasteiger partial charge in [0.05, 0.1) is 17.8 Å². The van der Waals surface area contributed by atoms with Crippen molar-refractivity contribution in [2.45, 2.75) is 39.3 Å². The molecule has 0 unspecified atom stereocenters. The predicted octanol–water partition coefficient (Wildman–Crippen LogP) is 2.17. The number of amides is 1. The molecule has 1 atom stereocenters. The first-order chi connectivity index (χ1) is 11.7. The lowest BCUT2D eigenvalue weighted by Gasteiger charge is -2.27. The van der Waals surface area contributed by atoms with Crippen LogP contribution < -0.4 is 5.32 Å². The number of aromatic nitrogens is 3. The first-order valence-corrected chi connectivity index (χ1v) is 8.65. The van der Waals surface area contributed by atoms with Crippen molar-refractivity contribution in [1.29, 1.82) is 0 Å². The molecule has 2 aromatic heterocycles. The average molecular weight is 327 g/mol. The number of hydrogen-bond donors (Lipinski definition) is 1. The molecule has 0 aliphatic carbocycles. The molecule has 1 aliphatic heterocycles. The minimum atomic E-state index is -0.0553. The molecule has 128 valence electrons. The quantitative estimate of drug-likeness (QED) is 0.883. The van der Waals surface area contributed by atoms with Crippen molar-refractivity contribution in [1.82, 2.24) is 25.0 Å². The fourth-order valence-corrected chi connectivity index (χ4v) is 3.36. The zero-order valence-electron chi connectivity index (χ0n) is 14.4. The van der Waals surface area contributed by atoms with Gasteiger partial charge < -0.3 is 5.32 Å². The molecule has 1 saturated heterocycles. The van der Waals surface area contributed by atoms with Crippen molar-refractivity contribution in [2.75, 3.05) is 19.6 Å². The number of nitrogens with one attached hydrogen (secondary N) is 1. The summed E-state index contributed by atoms with van der Waals surface area (Å²) in [5.74, 6) is -0.0553. The van der Waals surface area contributed by atoms with E-state index in [9.17, 15) is 4.79 Å². The molecular weight excluding hydrogens is 302 g/mol. The highest BCUT2D eigenvalue weighted by Crippen LogP contribution is 2.24. The summed E-state index contributed by atoms with van der Waals surface area (Å²) in [5, 5.41) is 7.34. The van der Waals surface area contributed by atoms with Crippen LogP contribution in [0.2, 0.25) is 0 Å². The monoisotopic (exact) mass is 327 g/mol. The van der Waals surface area contributed by atoms with E-state index in [1.807, 2.05) is 30.8 Å². The Kier molecular flexibility index (Phi) is 5.25. The number of hydrogen-bond acceptors (Lipinski definition) is 4. The Morgan fingerprint density at radius 3 is 2.75 bits per heavy atom. The Balaban J connectivity index is 1.71. The third-order valence-corrected chi connectivity index (χ3v) is 4.75. The van der Waals surface area contributed by atoms with E-state index in [2.05, 4.69) is 26.4 Å². The van der Waals surface area contributed by atoms with E-state index < -0.39 is 0 Å². The van der Waals surface area contributed by atoms with Gasteiger partial charge in [0.2, 0.25) is 0 Å². The van der Waals surface area contributed by atoms with Crippen molar-refractivity contribution in [2.24, 2.45) is 0 Å². The van der Waals surface area contributed by atoms with Gasteiger partial charge in [-0.1, -0.05) is 6.07 Å². The summed E-state index contributed by atoms with van der Waals surface area (Å²) in [7, 11) is 0. The molecular formula is C18H25N5O. The normalized spacial score (nSPS) is 16.2. The van der Waals surface area contributed by atoms with Gasteiger partial charge in [-0.05, 0) is 51.4 Å². The van der Waals surface area contributed by atoms with Crippen LogP contribution in [0.3, 0.4) is 0 Å². The Hall–Kier alpha value is -2.21. The van der Waals surface area contributed by atoms with E-state index in [0.717, 1.165) is 30.9 Å². The van der Waals surface area contributed by atoms with E-state index in [1.165, 1.54) is 12.8 Å². The van der Waals surface area contributed by atoms with Gasteiger partial charge in [-0.15, -0.1) is 0 Å². The first-order valence-electron chi connectivity index (χ1n) is 8.65. The molecule has 1 N–H and O–H groups in total. The van der Waals surface area contributed by atoms with Gasteiger partial charge in [0.15, 0.2) is 0 Å². The SMILES string of the molecule is CCn1ncc(C(=O)NC[C@@H](c2cccnc2)N2CCCC2)c1C. The molecule has 3 heterocycles. The number of nitrogens with zero attached hydrogens (tertiary/aromatic N) is 4. The van der Waals surface area contributed by atoms with Gasteiger partial charge in [-0.3, -0.25) is 19.4 Å². The van der Waals surface area contributed by atoms with E-state index in [-0.39, 0.29) is 11.9 Å². The summed E-state index contributed by atoms with van der Waals surface area (Å²) in [4.78, 5) is 19.2. The predicted molar refractivity (Wildman–Crippen MR) is 92.8 cm³/mol. The lowest BCUT2D eigenvalue weighted by Crippen LogP contribution is -2.37. The van der Waals surface area contributed by atoms with Gasteiger partial charge in [-0.2, -0.15) is 5.10 Å². The molecule has 1 fully saturated rings. The lowest BCUT2D eigenvalue weighted by atomic mass is 10.1. The number of likely N-dealkylation sites (tertiary alicyclic amines) is 1. The highest BCUT2D eigenvalue weighted by atomic mass is 16.1. The van der Waals surface area contributed by atoms with Crippen LogP contribution in [0, 0.1) is 6.92 Å². The summed E-state index contributed by atoms with van der Waals surface area (Å²) in [6, 6.07) is 4.21. The molecule has 0 bridgehead atoms. The number of rotatable bonds is 6. The smallest absolute Gasteiger partial charge is 0.254 e. The molecule has 0 aromatic carbocycles. The van der Waals surface area contributed by atoms with Crippen LogP contribution in [0.1, 0.15) is 47.4 Å². The lowest BCUT2D eigenvalue weighted by molar-refractivity contribution is 0.0937. The third kappa shape index (κ3) is 3.48. The van der Waals surface area contributed by atoms with Crippen LogP contribution in [0.4, 0.5) is 0 Å². The Morgan fingerprint density at radius 2 is 2.12 bits per heavy atom. The third-order valence-electron chi connectivity index (χ3n) is 4.75. The topological polar surface area (TPSA) is 63.1 Å². The van der Waals surface area contributed by atoms with Crippen molar-refractivity contribution in [3.8, 4) is 0 Å². The Bertz CT molecular complexity index is 676. The summed E-state index contributed by atoms with van der Waals surface area (Å²) in [6.07, 6.45) is 7.77. The zero-order valence-corrected chi connectivity index (χ0v) is 14.4. The summed E-state index contributed by atoms with van der Waals surface area (Å²) in [6.45, 7) is 7.45. The molecule has 1 aliphatic rings. The van der Waals surface area contributed by atoms with Crippen LogP contribution in [0.15, 0.2) is 30.7 Å². The highest BCUT2D eigenvalue weighted by molar-refractivity contribution is 5.95. The number of aryl methyl sites for hydroxylation is 1. The summed E-state index contributed by atoms with van der Waals surface area (Å²) in [5.41, 5.74) is 2.72. The van der Waals surface area contributed by atoms with Crippen molar-refractivity contribution in [3.05, 3.63) is 47.5 Å². The van der Waals surface area contributed by atoms with Crippen molar-refractivity contribution >= 4 is 5.91 Å². The maximum absolute atomic E-state index is 12.5. The van der Waals surface area contributed by atoms with Gasteiger partial charge in [0, 0.05) is 31.2 Å². The average Bonchev–Trinajstić information content (AvgIpc) is 3.25. The van der Waals surface area contributed by atoms with Crippen molar-refractivity contribution < 1.29 is 4.79 Å². The number of carbonyl (C=O) groups excluding carboxylic acids is 1. The van der Waals surface area contributed by atoms with Gasteiger partial charge in [0.25, 0.3) is 5.91 Å². The van der Waals surface area contributed by atoms with E-state index in [1.54, 1.807) is 12.4 Å². The molecule has 6 heteroatoms. The van der Waals surface area contributed by atoms with E-state index >= 15 is 0 Å². The van der Waals surface area contributed by atoms with Crippen LogP contribution >= 0.6 is 0 Å². The van der Waals surface area contributed by atoms with Gasteiger partial charge >= 0.3 is 0 Å². The van der Waals surface area contributed by atoms with Crippen LogP contribution in [0.25, 0.3) is 0 Å². The molecule has 2 aromatic rings. The second-order valence-electron chi connectivity index (χ2n) is 6.21. The second-order valence-corrected chi connectivity index (χ2v) is 6.21. The second kappa shape index (κ2) is 7.57. The fraction of sp³-hybridized carbons (Fsp3) is 0.500. The van der Waals surface area contributed by atoms with Crippen LogP contribution in [-0.2, 0) is 6.54 Å². The minimum Gasteiger partial charge on any atom is -0.350 e. The number of pyridine rings is 1. The van der Waals surface area contributed by atoms with E-state index in [4.69, 9.17) is 0 Å². The van der Waals surface area contributed by atoms with Crippen molar-refractivity contribution in [3.63, 3.8) is 0 Å². The van der Waals surface area contributed by atoms with Gasteiger partial charge in [0.1, 0.15) is 0 Å². The van der Waals surface area contributed by atoms with Crippen LogP contribution in [0.5, 0.6) is 0 Å². The minimum absolute atomic E-state index is 0.0553.